The van der Waals surface area contributed by atoms with Crippen LogP contribution >= 0.6 is 0 Å². The van der Waals surface area contributed by atoms with E-state index in [9.17, 15) is 5.11 Å². The van der Waals surface area contributed by atoms with Gasteiger partial charge in [0.05, 0.1) is 6.04 Å². The minimum absolute atomic E-state index is 0.174. The zero-order valence-corrected chi connectivity index (χ0v) is 15.6. The second-order valence-electron chi connectivity index (χ2n) is 7.49. The van der Waals surface area contributed by atoms with E-state index in [-0.39, 0.29) is 6.04 Å². The van der Waals surface area contributed by atoms with E-state index in [1.165, 1.54) is 11.1 Å². The quantitative estimate of drug-likeness (QED) is 0.800. The van der Waals surface area contributed by atoms with E-state index in [1.807, 2.05) is 12.1 Å². The topological polar surface area (TPSA) is 41.9 Å². The lowest BCUT2D eigenvalue weighted by Crippen LogP contribution is -2.43. The molecule has 4 rings (SSSR count). The summed E-state index contributed by atoms with van der Waals surface area (Å²) in [6.45, 7) is 2.01. The summed E-state index contributed by atoms with van der Waals surface area (Å²) in [7, 11) is 0. The zero-order chi connectivity index (χ0) is 18.5. The smallest absolute Gasteiger partial charge is 0.156 e. The third-order valence-corrected chi connectivity index (χ3v) is 5.64. The van der Waals surface area contributed by atoms with Crippen molar-refractivity contribution in [1.29, 1.82) is 0 Å². The van der Waals surface area contributed by atoms with Gasteiger partial charge in [0.15, 0.2) is 5.76 Å². The summed E-state index contributed by atoms with van der Waals surface area (Å²) in [6.07, 6.45) is 17.0. The zero-order valence-electron chi connectivity index (χ0n) is 15.6. The SMILES string of the molecule is Oc1cccc(C2CCCN(C(CC3=CC=CCC3)C3=COC=CO3)C2)c1. The van der Waals surface area contributed by atoms with Crippen LogP contribution in [0.1, 0.15) is 43.6 Å². The van der Waals surface area contributed by atoms with Gasteiger partial charge < -0.3 is 14.6 Å². The molecule has 0 bridgehead atoms. The molecule has 27 heavy (non-hydrogen) atoms. The van der Waals surface area contributed by atoms with E-state index in [0.717, 1.165) is 51.0 Å². The number of hydrogen-bond acceptors (Lipinski definition) is 4. The second-order valence-corrected chi connectivity index (χ2v) is 7.49. The molecule has 4 nitrogen and oxygen atoms in total. The predicted octanol–water partition coefficient (Wildman–Crippen LogP) is 4.97. The van der Waals surface area contributed by atoms with Crippen LogP contribution in [0.4, 0.5) is 0 Å². The molecule has 0 saturated carbocycles. The van der Waals surface area contributed by atoms with Crippen molar-refractivity contribution in [2.45, 2.75) is 44.1 Å². The van der Waals surface area contributed by atoms with E-state index in [2.05, 4.69) is 29.2 Å². The Labute approximate surface area is 161 Å². The average molecular weight is 365 g/mol. The van der Waals surface area contributed by atoms with Gasteiger partial charge in [0.1, 0.15) is 24.5 Å². The van der Waals surface area contributed by atoms with E-state index in [1.54, 1.807) is 24.9 Å². The number of phenolic OH excluding ortho intramolecular Hbond substituents is 1. The highest BCUT2D eigenvalue weighted by atomic mass is 16.5. The Bertz CT molecular complexity index is 778. The van der Waals surface area contributed by atoms with Crippen molar-refractivity contribution >= 4 is 0 Å². The fraction of sp³-hybridized carbons (Fsp3) is 0.391. The van der Waals surface area contributed by atoms with Gasteiger partial charge >= 0.3 is 0 Å². The lowest BCUT2D eigenvalue weighted by molar-refractivity contribution is 0.115. The van der Waals surface area contributed by atoms with Crippen LogP contribution in [0.15, 0.2) is 72.6 Å². The molecule has 1 fully saturated rings. The van der Waals surface area contributed by atoms with Gasteiger partial charge in [-0.05, 0) is 62.3 Å². The third kappa shape index (κ3) is 4.45. The van der Waals surface area contributed by atoms with Gasteiger partial charge in [-0.15, -0.1) is 0 Å². The molecule has 0 radical (unpaired) electrons. The first-order valence-corrected chi connectivity index (χ1v) is 9.84. The van der Waals surface area contributed by atoms with Crippen molar-refractivity contribution < 1.29 is 14.6 Å². The van der Waals surface area contributed by atoms with Crippen LogP contribution in [0, 0.1) is 0 Å². The molecule has 2 heterocycles. The summed E-state index contributed by atoms with van der Waals surface area (Å²) in [5, 5.41) is 9.86. The summed E-state index contributed by atoms with van der Waals surface area (Å²) in [4.78, 5) is 2.52. The van der Waals surface area contributed by atoms with Crippen LogP contribution in [-0.4, -0.2) is 29.1 Å². The van der Waals surface area contributed by atoms with Crippen LogP contribution in [0.2, 0.25) is 0 Å². The standard InChI is InChI=1S/C23H27NO3/c25-21-10-4-8-19(15-21)20-9-5-11-24(16-20)22(23-17-26-12-13-27-23)14-18-6-2-1-3-7-18/h1-2,4,6,8,10,12-13,15,17,20,22,25H,3,5,7,9,11,14,16H2. The van der Waals surface area contributed by atoms with Gasteiger partial charge in [0.2, 0.25) is 0 Å². The van der Waals surface area contributed by atoms with Crippen molar-refractivity contribution in [3.05, 3.63) is 78.2 Å². The summed E-state index contributed by atoms with van der Waals surface area (Å²) in [6, 6.07) is 7.87. The Hall–Kier alpha value is -2.46. The van der Waals surface area contributed by atoms with Gasteiger partial charge in [0.25, 0.3) is 0 Å². The van der Waals surface area contributed by atoms with E-state index in [4.69, 9.17) is 9.47 Å². The van der Waals surface area contributed by atoms with Crippen LogP contribution in [0.3, 0.4) is 0 Å². The Balaban J connectivity index is 1.54. The van der Waals surface area contributed by atoms with Crippen LogP contribution in [-0.2, 0) is 9.47 Å². The molecule has 0 spiro atoms. The second kappa shape index (κ2) is 8.49. The molecule has 1 aromatic rings. The largest absolute Gasteiger partial charge is 0.508 e. The molecule has 1 N–H and O–H groups in total. The summed E-state index contributed by atoms with van der Waals surface area (Å²) in [5.74, 6) is 1.65. The number of piperidine rings is 1. The van der Waals surface area contributed by atoms with Crippen molar-refractivity contribution in [3.8, 4) is 5.75 Å². The molecule has 2 unspecified atom stereocenters. The highest BCUT2D eigenvalue weighted by Crippen LogP contribution is 2.33. The molecule has 0 aromatic heterocycles. The Morgan fingerprint density at radius 1 is 1.26 bits per heavy atom. The molecule has 2 aliphatic heterocycles. The first-order valence-electron chi connectivity index (χ1n) is 9.84. The van der Waals surface area contributed by atoms with E-state index >= 15 is 0 Å². The molecule has 3 aliphatic rings. The van der Waals surface area contributed by atoms with Gasteiger partial charge in [-0.25, -0.2) is 0 Å². The number of hydrogen-bond donors (Lipinski definition) is 1. The lowest BCUT2D eigenvalue weighted by atomic mass is 9.88. The number of likely N-dealkylation sites (tertiary alicyclic amines) is 1. The Morgan fingerprint density at radius 2 is 2.22 bits per heavy atom. The average Bonchev–Trinajstić information content (AvgIpc) is 2.73. The number of nitrogens with zero attached hydrogens (tertiary/aromatic N) is 1. The van der Waals surface area contributed by atoms with Gasteiger partial charge in [-0.2, -0.15) is 0 Å². The molecular weight excluding hydrogens is 338 g/mol. The van der Waals surface area contributed by atoms with E-state index in [0.29, 0.717) is 11.7 Å². The van der Waals surface area contributed by atoms with Crippen molar-refractivity contribution in [1.82, 2.24) is 4.90 Å². The number of ether oxygens (including phenoxy) is 2. The molecule has 1 saturated heterocycles. The van der Waals surface area contributed by atoms with E-state index < -0.39 is 0 Å². The number of phenols is 1. The number of rotatable bonds is 5. The summed E-state index contributed by atoms with van der Waals surface area (Å²) in [5.41, 5.74) is 2.67. The maximum atomic E-state index is 9.86. The van der Waals surface area contributed by atoms with Crippen molar-refractivity contribution in [2.24, 2.45) is 0 Å². The maximum Gasteiger partial charge on any atom is 0.156 e. The Morgan fingerprint density at radius 3 is 3.00 bits per heavy atom. The first-order chi connectivity index (χ1) is 13.3. The third-order valence-electron chi connectivity index (χ3n) is 5.64. The fourth-order valence-corrected chi connectivity index (χ4v) is 4.25. The van der Waals surface area contributed by atoms with Crippen LogP contribution in [0.25, 0.3) is 0 Å². The molecule has 4 heteroatoms. The molecular formula is C23H27NO3. The highest BCUT2D eigenvalue weighted by molar-refractivity contribution is 5.30. The lowest BCUT2D eigenvalue weighted by Gasteiger charge is -2.39. The fourth-order valence-electron chi connectivity index (χ4n) is 4.25. The van der Waals surface area contributed by atoms with Crippen molar-refractivity contribution in [3.63, 3.8) is 0 Å². The number of benzene rings is 1. The number of aromatic hydroxyl groups is 1. The molecule has 1 aromatic carbocycles. The van der Waals surface area contributed by atoms with Crippen molar-refractivity contribution in [2.75, 3.05) is 13.1 Å². The minimum atomic E-state index is 0.174. The summed E-state index contributed by atoms with van der Waals surface area (Å²) >= 11 is 0. The highest BCUT2D eigenvalue weighted by Gasteiger charge is 2.31. The summed E-state index contributed by atoms with van der Waals surface area (Å²) < 4.78 is 11.2. The molecule has 0 amide bonds. The normalized spacial score (nSPS) is 23.8. The maximum absolute atomic E-state index is 9.86. The molecule has 2 atom stereocenters. The monoisotopic (exact) mass is 365 g/mol. The number of allylic oxidation sites excluding steroid dienone is 3. The van der Waals surface area contributed by atoms with Gasteiger partial charge in [-0.1, -0.05) is 35.9 Å². The molecule has 1 aliphatic carbocycles. The first kappa shape index (κ1) is 17.9. The minimum Gasteiger partial charge on any atom is -0.508 e. The van der Waals surface area contributed by atoms with Gasteiger partial charge in [-0.3, -0.25) is 4.90 Å². The van der Waals surface area contributed by atoms with Gasteiger partial charge in [0, 0.05) is 6.54 Å². The Kier molecular flexibility index (Phi) is 5.64. The van der Waals surface area contributed by atoms with Crippen LogP contribution < -0.4 is 0 Å². The van der Waals surface area contributed by atoms with Crippen LogP contribution in [0.5, 0.6) is 5.75 Å². The predicted molar refractivity (Wildman–Crippen MR) is 106 cm³/mol. The molecule has 142 valence electrons.